The molecule has 1 aliphatic heterocycles. The van der Waals surface area contributed by atoms with Gasteiger partial charge in [0, 0.05) is 23.1 Å². The van der Waals surface area contributed by atoms with E-state index in [1.165, 1.54) is 29.2 Å². The van der Waals surface area contributed by atoms with Crippen LogP contribution in [0.1, 0.15) is 32.8 Å². The van der Waals surface area contributed by atoms with Crippen molar-refractivity contribution in [2.24, 2.45) is 5.73 Å². The van der Waals surface area contributed by atoms with Gasteiger partial charge in [0.2, 0.25) is 5.91 Å². The number of amides is 2. The minimum absolute atomic E-state index is 0.113. The number of halogens is 3. The van der Waals surface area contributed by atoms with E-state index >= 15 is 0 Å². The van der Waals surface area contributed by atoms with Crippen molar-refractivity contribution < 1.29 is 23.1 Å². The van der Waals surface area contributed by atoms with Crippen LogP contribution in [0.3, 0.4) is 0 Å². The first-order valence-electron chi connectivity index (χ1n) is 8.58. The van der Waals surface area contributed by atoms with E-state index in [0.29, 0.717) is 10.9 Å². The van der Waals surface area contributed by atoms with E-state index < -0.39 is 29.6 Å². The van der Waals surface area contributed by atoms with Crippen LogP contribution in [0.25, 0.3) is 0 Å². The summed E-state index contributed by atoms with van der Waals surface area (Å²) in [6, 6.07) is 3.03. The minimum Gasteiger partial charge on any atom is -0.444 e. The number of nitrogens with two attached hydrogens (primary N) is 1. The molecule has 150 valence electrons. The molecule has 1 aliphatic rings. The number of carbonyl (C=O) groups excluding carboxylic acids is 2. The number of hydrogen-bond donors (Lipinski definition) is 2. The average molecular weight is 448 g/mol. The molecule has 1 aromatic rings. The highest BCUT2D eigenvalue weighted by atomic mass is 79.9. The van der Waals surface area contributed by atoms with Crippen LogP contribution >= 0.6 is 15.9 Å². The second-order valence-corrected chi connectivity index (χ2v) is 8.44. The van der Waals surface area contributed by atoms with Gasteiger partial charge < -0.3 is 20.7 Å². The van der Waals surface area contributed by atoms with E-state index in [4.69, 9.17) is 10.5 Å². The number of alkyl halides is 2. The van der Waals surface area contributed by atoms with Crippen LogP contribution in [0.5, 0.6) is 0 Å². The zero-order chi connectivity index (χ0) is 20.4. The maximum absolute atomic E-state index is 14.6. The lowest BCUT2D eigenvalue weighted by Crippen LogP contribution is -2.52. The number of nitrogens with zero attached hydrogens (tertiary/aromatic N) is 1. The highest BCUT2D eigenvalue weighted by Crippen LogP contribution is 2.33. The van der Waals surface area contributed by atoms with E-state index in [0.717, 1.165) is 0 Å². The molecule has 1 aromatic carbocycles. The van der Waals surface area contributed by atoms with Gasteiger partial charge in [-0.05, 0) is 39.3 Å². The molecule has 2 amide bonds. The molecular weight excluding hydrogens is 424 g/mol. The van der Waals surface area contributed by atoms with Gasteiger partial charge in [-0.1, -0.05) is 28.1 Å². The fourth-order valence-electron chi connectivity index (χ4n) is 2.76. The van der Waals surface area contributed by atoms with Gasteiger partial charge in [0.15, 0.2) is 6.04 Å². The Morgan fingerprint density at radius 3 is 2.44 bits per heavy atom. The number of likely N-dealkylation sites (tertiary alicyclic amines) is 1. The zero-order valence-electron chi connectivity index (χ0n) is 15.5. The Labute approximate surface area is 165 Å². The van der Waals surface area contributed by atoms with Gasteiger partial charge in [-0.2, -0.15) is 8.78 Å². The van der Waals surface area contributed by atoms with Gasteiger partial charge in [-0.15, -0.1) is 0 Å². The van der Waals surface area contributed by atoms with Crippen LogP contribution < -0.4 is 11.1 Å². The number of benzene rings is 1. The molecule has 0 aromatic heterocycles. The van der Waals surface area contributed by atoms with Crippen LogP contribution in [0.4, 0.5) is 13.6 Å². The zero-order valence-corrected chi connectivity index (χ0v) is 17.1. The molecule has 9 heteroatoms. The first kappa shape index (κ1) is 21.6. The number of carbonyl (C=O) groups is 2. The Bertz CT molecular complexity index is 692. The molecule has 2 atom stereocenters. The molecule has 1 heterocycles. The summed E-state index contributed by atoms with van der Waals surface area (Å²) in [5, 5.41) is 2.65. The van der Waals surface area contributed by atoms with Gasteiger partial charge in [0.05, 0.1) is 6.04 Å². The highest BCUT2D eigenvalue weighted by molar-refractivity contribution is 9.10. The van der Waals surface area contributed by atoms with Crippen LogP contribution in [0.2, 0.25) is 0 Å². The Balaban J connectivity index is 1.97. The smallest absolute Gasteiger partial charge is 0.407 e. The second-order valence-electron chi connectivity index (χ2n) is 7.52. The van der Waals surface area contributed by atoms with Crippen molar-refractivity contribution in [2.45, 2.75) is 50.8 Å². The topological polar surface area (TPSA) is 84.7 Å². The first-order valence-corrected chi connectivity index (χ1v) is 9.37. The molecule has 1 unspecified atom stereocenters. The molecule has 1 fully saturated rings. The van der Waals surface area contributed by atoms with E-state index in [2.05, 4.69) is 21.2 Å². The Kier molecular flexibility index (Phi) is 6.47. The fourth-order valence-corrected chi connectivity index (χ4v) is 3.02. The molecule has 2 rings (SSSR count). The second kappa shape index (κ2) is 8.10. The van der Waals surface area contributed by atoms with E-state index in [9.17, 15) is 18.4 Å². The summed E-state index contributed by atoms with van der Waals surface area (Å²) in [6.07, 6.45) is -0.159. The molecule has 0 aliphatic carbocycles. The van der Waals surface area contributed by atoms with E-state index in [1.54, 1.807) is 20.8 Å². The lowest BCUT2D eigenvalue weighted by Gasteiger charge is -2.27. The van der Waals surface area contributed by atoms with Crippen molar-refractivity contribution >= 4 is 27.9 Å². The molecule has 3 N–H and O–H groups in total. The van der Waals surface area contributed by atoms with Crippen molar-refractivity contribution in [1.29, 1.82) is 0 Å². The molecule has 0 spiro atoms. The van der Waals surface area contributed by atoms with Crippen LogP contribution in [0, 0.1) is 0 Å². The molecule has 0 saturated carbocycles. The summed E-state index contributed by atoms with van der Waals surface area (Å²) in [5.74, 6) is -4.36. The maximum Gasteiger partial charge on any atom is 0.407 e. The van der Waals surface area contributed by atoms with Crippen molar-refractivity contribution in [3.05, 3.63) is 34.3 Å². The van der Waals surface area contributed by atoms with Gasteiger partial charge in [0.25, 0.3) is 5.92 Å². The molecule has 1 saturated heterocycles. The quantitative estimate of drug-likeness (QED) is 0.742. The Morgan fingerprint density at radius 1 is 1.30 bits per heavy atom. The summed E-state index contributed by atoms with van der Waals surface area (Å²) >= 11 is 3.18. The fraction of sp³-hybridized carbons (Fsp3) is 0.556. The monoisotopic (exact) mass is 447 g/mol. The van der Waals surface area contributed by atoms with E-state index in [-0.39, 0.29) is 24.7 Å². The third kappa shape index (κ3) is 5.62. The average Bonchev–Trinajstić information content (AvgIpc) is 3.00. The molecule has 6 nitrogen and oxygen atoms in total. The molecular formula is C18H24BrF2N3O3. The van der Waals surface area contributed by atoms with E-state index in [1.807, 2.05) is 0 Å². The van der Waals surface area contributed by atoms with Crippen molar-refractivity contribution in [2.75, 3.05) is 13.1 Å². The Hall–Kier alpha value is -1.74. The number of ether oxygens (including phenoxy) is 1. The van der Waals surface area contributed by atoms with Crippen molar-refractivity contribution in [3.63, 3.8) is 0 Å². The minimum atomic E-state index is -3.51. The maximum atomic E-state index is 14.6. The molecule has 0 radical (unpaired) electrons. The number of rotatable bonds is 4. The van der Waals surface area contributed by atoms with Crippen LogP contribution in [0.15, 0.2) is 28.7 Å². The number of nitrogens with one attached hydrogen (secondary N) is 1. The predicted molar refractivity (Wildman–Crippen MR) is 100 cm³/mol. The lowest BCUT2D eigenvalue weighted by molar-refractivity contribution is -0.142. The Morgan fingerprint density at radius 2 is 1.89 bits per heavy atom. The SMILES string of the molecule is CC(C)(C)OC(=O)N[C@H]1CCN(C(=O)C(N)C(F)(F)c2ccc(Br)cc2)C1. The molecule has 27 heavy (non-hydrogen) atoms. The summed E-state index contributed by atoms with van der Waals surface area (Å²) < 4.78 is 35.0. The first-order chi connectivity index (χ1) is 12.4. The van der Waals surface area contributed by atoms with Gasteiger partial charge in [0.1, 0.15) is 5.60 Å². The standard InChI is InChI=1S/C18H24BrF2N3O3/c1-17(2,3)27-16(26)23-13-8-9-24(10-13)15(25)14(22)18(20,21)11-4-6-12(19)7-5-11/h4-7,13-14H,8-10,22H2,1-3H3,(H,23,26)/t13-,14?/m0/s1. The predicted octanol–water partition coefficient (Wildman–Crippen LogP) is 2.99. The lowest BCUT2D eigenvalue weighted by atomic mass is 10.0. The molecule has 0 bridgehead atoms. The normalized spacial score (nSPS) is 18.9. The highest BCUT2D eigenvalue weighted by Gasteiger charge is 2.46. The summed E-state index contributed by atoms with van der Waals surface area (Å²) in [4.78, 5) is 25.5. The number of hydrogen-bond acceptors (Lipinski definition) is 4. The third-order valence-electron chi connectivity index (χ3n) is 4.11. The summed E-state index contributed by atoms with van der Waals surface area (Å²) in [7, 11) is 0. The van der Waals surface area contributed by atoms with Crippen molar-refractivity contribution in [1.82, 2.24) is 10.2 Å². The number of alkyl carbamates (subject to hydrolysis) is 1. The summed E-state index contributed by atoms with van der Waals surface area (Å²) in [6.45, 7) is 5.56. The van der Waals surface area contributed by atoms with Gasteiger partial charge >= 0.3 is 6.09 Å². The largest absolute Gasteiger partial charge is 0.444 e. The summed E-state index contributed by atoms with van der Waals surface area (Å²) in [5.41, 5.74) is 4.64. The van der Waals surface area contributed by atoms with Crippen LogP contribution in [-0.2, 0) is 15.5 Å². The van der Waals surface area contributed by atoms with Gasteiger partial charge in [-0.25, -0.2) is 4.79 Å². The van der Waals surface area contributed by atoms with Crippen LogP contribution in [-0.4, -0.2) is 47.7 Å². The van der Waals surface area contributed by atoms with Crippen molar-refractivity contribution in [3.8, 4) is 0 Å². The third-order valence-corrected chi connectivity index (χ3v) is 4.64. The van der Waals surface area contributed by atoms with Gasteiger partial charge in [-0.3, -0.25) is 4.79 Å².